The van der Waals surface area contributed by atoms with Crippen LogP contribution in [-0.4, -0.2) is 17.9 Å². The van der Waals surface area contributed by atoms with Gasteiger partial charge in [-0.15, -0.1) is 0 Å². The number of hydrogen-bond donors (Lipinski definition) is 2. The number of aryl methyl sites for hydroxylation is 2. The summed E-state index contributed by atoms with van der Waals surface area (Å²) in [5.41, 5.74) is 6.93. The Bertz CT molecular complexity index is 741. The van der Waals surface area contributed by atoms with Gasteiger partial charge in [-0.2, -0.15) is 0 Å². The lowest BCUT2D eigenvalue weighted by atomic mass is 10.1. The van der Waals surface area contributed by atoms with Gasteiger partial charge in [0.25, 0.3) is 11.8 Å². The van der Waals surface area contributed by atoms with Gasteiger partial charge in [0.05, 0.1) is 0 Å². The molecule has 0 aromatic heterocycles. The Morgan fingerprint density at radius 3 is 2.29 bits per heavy atom. The predicted molar refractivity (Wildman–Crippen MR) is 88.0 cm³/mol. The summed E-state index contributed by atoms with van der Waals surface area (Å²) in [7, 11) is 0. The van der Waals surface area contributed by atoms with Gasteiger partial charge in [0.2, 0.25) is 0 Å². The molecule has 0 fully saturated rings. The minimum absolute atomic E-state index is 0.0271. The average Bonchev–Trinajstić information content (AvgIpc) is 2.53. The maximum absolute atomic E-state index is 13.5. The largest absolute Gasteiger partial charge is 0.478 e. The van der Waals surface area contributed by atoms with Crippen LogP contribution in [0.1, 0.15) is 28.4 Å². The smallest absolute Gasteiger partial charge is 0.279 e. The standard InChI is InChI=1S/C18H19FN2O3/c1-11-8-12(2)10-14(9-11)18(23)21-20-17(22)13(3)24-16-7-5-4-6-15(16)19/h4-10,13H,1-3H3,(H,20,22)(H,21,23)/t13-/m1/s1. The van der Waals surface area contributed by atoms with Crippen molar-refractivity contribution in [3.63, 3.8) is 0 Å². The maximum atomic E-state index is 13.5. The molecule has 0 aliphatic rings. The van der Waals surface area contributed by atoms with E-state index in [2.05, 4.69) is 10.9 Å². The Balaban J connectivity index is 1.92. The van der Waals surface area contributed by atoms with Gasteiger partial charge in [0.15, 0.2) is 17.7 Å². The van der Waals surface area contributed by atoms with Crippen molar-refractivity contribution < 1.29 is 18.7 Å². The van der Waals surface area contributed by atoms with Crippen LogP contribution in [-0.2, 0) is 4.79 Å². The van der Waals surface area contributed by atoms with Crippen LogP contribution < -0.4 is 15.6 Å². The Morgan fingerprint density at radius 1 is 1.04 bits per heavy atom. The molecule has 6 heteroatoms. The van der Waals surface area contributed by atoms with E-state index < -0.39 is 23.7 Å². The van der Waals surface area contributed by atoms with Crippen molar-refractivity contribution in [1.29, 1.82) is 0 Å². The van der Waals surface area contributed by atoms with Gasteiger partial charge in [-0.1, -0.05) is 29.3 Å². The van der Waals surface area contributed by atoms with Gasteiger partial charge in [0.1, 0.15) is 0 Å². The molecule has 1 atom stereocenters. The molecule has 0 aliphatic heterocycles. The number of rotatable bonds is 4. The van der Waals surface area contributed by atoms with Crippen molar-refractivity contribution in [2.45, 2.75) is 26.9 Å². The quantitative estimate of drug-likeness (QED) is 0.847. The minimum atomic E-state index is -0.971. The molecule has 5 nitrogen and oxygen atoms in total. The number of benzene rings is 2. The van der Waals surface area contributed by atoms with E-state index in [1.807, 2.05) is 19.9 Å². The molecular weight excluding hydrogens is 311 g/mol. The highest BCUT2D eigenvalue weighted by molar-refractivity contribution is 5.96. The van der Waals surface area contributed by atoms with Crippen LogP contribution in [0.4, 0.5) is 4.39 Å². The average molecular weight is 330 g/mol. The topological polar surface area (TPSA) is 67.4 Å². The van der Waals surface area contributed by atoms with Crippen LogP contribution in [0.2, 0.25) is 0 Å². The monoisotopic (exact) mass is 330 g/mol. The molecule has 2 amide bonds. The number of amides is 2. The summed E-state index contributed by atoms with van der Waals surface area (Å²) in [6.45, 7) is 5.23. The zero-order valence-corrected chi connectivity index (χ0v) is 13.7. The highest BCUT2D eigenvalue weighted by atomic mass is 19.1. The molecule has 0 spiro atoms. The fourth-order valence-corrected chi connectivity index (χ4v) is 2.18. The molecular formula is C18H19FN2O3. The fraction of sp³-hybridized carbons (Fsp3) is 0.222. The number of hydrazine groups is 1. The minimum Gasteiger partial charge on any atom is -0.478 e. The lowest BCUT2D eigenvalue weighted by molar-refractivity contribution is -0.128. The molecule has 2 aromatic carbocycles. The summed E-state index contributed by atoms with van der Waals surface area (Å²) in [6.07, 6.45) is -0.971. The highest BCUT2D eigenvalue weighted by Crippen LogP contribution is 2.16. The molecule has 24 heavy (non-hydrogen) atoms. The maximum Gasteiger partial charge on any atom is 0.279 e. The highest BCUT2D eigenvalue weighted by Gasteiger charge is 2.17. The van der Waals surface area contributed by atoms with E-state index in [-0.39, 0.29) is 5.75 Å². The number of carbonyl (C=O) groups excluding carboxylic acids is 2. The predicted octanol–water partition coefficient (Wildman–Crippen LogP) is 2.67. The Hall–Kier alpha value is -2.89. The van der Waals surface area contributed by atoms with Crippen LogP contribution in [0.5, 0.6) is 5.75 Å². The number of ether oxygens (including phenoxy) is 1. The molecule has 0 bridgehead atoms. The number of hydrogen-bond acceptors (Lipinski definition) is 3. The van der Waals surface area contributed by atoms with Crippen LogP contribution in [0.25, 0.3) is 0 Å². The third kappa shape index (κ3) is 4.55. The Labute approximate surface area is 139 Å². The number of para-hydroxylation sites is 1. The molecule has 0 aliphatic carbocycles. The third-order valence-corrected chi connectivity index (χ3v) is 3.29. The van der Waals surface area contributed by atoms with Gasteiger partial charge in [-0.25, -0.2) is 4.39 Å². The molecule has 0 saturated heterocycles. The summed E-state index contributed by atoms with van der Waals surface area (Å²) in [5.74, 6) is -1.61. The van der Waals surface area contributed by atoms with E-state index in [9.17, 15) is 14.0 Å². The van der Waals surface area contributed by atoms with Crippen molar-refractivity contribution in [1.82, 2.24) is 10.9 Å². The van der Waals surface area contributed by atoms with E-state index in [4.69, 9.17) is 4.74 Å². The van der Waals surface area contributed by atoms with E-state index in [1.165, 1.54) is 25.1 Å². The first kappa shape index (κ1) is 17.5. The molecule has 2 rings (SSSR count). The van der Waals surface area contributed by atoms with Crippen molar-refractivity contribution >= 4 is 11.8 Å². The first-order valence-electron chi connectivity index (χ1n) is 7.46. The van der Waals surface area contributed by atoms with Crippen LogP contribution in [0.15, 0.2) is 42.5 Å². The van der Waals surface area contributed by atoms with Crippen molar-refractivity contribution in [2.24, 2.45) is 0 Å². The van der Waals surface area contributed by atoms with E-state index in [0.717, 1.165) is 11.1 Å². The van der Waals surface area contributed by atoms with Gasteiger partial charge >= 0.3 is 0 Å². The van der Waals surface area contributed by atoms with Gasteiger partial charge < -0.3 is 4.74 Å². The normalized spacial score (nSPS) is 11.5. The SMILES string of the molecule is Cc1cc(C)cc(C(=O)NNC(=O)[C@@H](C)Oc2ccccc2F)c1. The van der Waals surface area contributed by atoms with Crippen molar-refractivity contribution in [3.05, 3.63) is 65.0 Å². The van der Waals surface area contributed by atoms with Crippen molar-refractivity contribution in [2.75, 3.05) is 0 Å². The second-order valence-electron chi connectivity index (χ2n) is 5.51. The summed E-state index contributed by atoms with van der Waals surface area (Å²) < 4.78 is 18.7. The Morgan fingerprint density at radius 2 is 1.67 bits per heavy atom. The second-order valence-corrected chi connectivity index (χ2v) is 5.51. The molecule has 0 saturated carbocycles. The lowest BCUT2D eigenvalue weighted by Gasteiger charge is -2.15. The van der Waals surface area contributed by atoms with Crippen LogP contribution >= 0.6 is 0 Å². The van der Waals surface area contributed by atoms with E-state index in [0.29, 0.717) is 5.56 Å². The van der Waals surface area contributed by atoms with Crippen LogP contribution in [0.3, 0.4) is 0 Å². The zero-order chi connectivity index (χ0) is 17.7. The molecule has 0 heterocycles. The summed E-state index contributed by atoms with van der Waals surface area (Å²) >= 11 is 0. The molecule has 0 unspecified atom stereocenters. The molecule has 2 N–H and O–H groups in total. The fourth-order valence-electron chi connectivity index (χ4n) is 2.18. The zero-order valence-electron chi connectivity index (χ0n) is 13.7. The summed E-state index contributed by atoms with van der Waals surface area (Å²) in [6, 6.07) is 11.2. The van der Waals surface area contributed by atoms with Crippen LogP contribution in [0, 0.1) is 19.7 Å². The second kappa shape index (κ2) is 7.59. The van der Waals surface area contributed by atoms with Gasteiger partial charge in [-0.05, 0) is 45.0 Å². The number of halogens is 1. The molecule has 2 aromatic rings. The van der Waals surface area contributed by atoms with E-state index in [1.54, 1.807) is 18.2 Å². The lowest BCUT2D eigenvalue weighted by Crippen LogP contribution is -2.47. The van der Waals surface area contributed by atoms with Gasteiger partial charge in [-0.3, -0.25) is 20.4 Å². The molecule has 0 radical (unpaired) electrons. The Kier molecular flexibility index (Phi) is 5.52. The summed E-state index contributed by atoms with van der Waals surface area (Å²) in [4.78, 5) is 24.0. The van der Waals surface area contributed by atoms with Crippen molar-refractivity contribution in [3.8, 4) is 5.75 Å². The first-order chi connectivity index (χ1) is 11.4. The number of carbonyl (C=O) groups is 2. The number of nitrogens with one attached hydrogen (secondary N) is 2. The molecule has 126 valence electrons. The first-order valence-corrected chi connectivity index (χ1v) is 7.46. The third-order valence-electron chi connectivity index (χ3n) is 3.29. The van der Waals surface area contributed by atoms with Gasteiger partial charge in [0, 0.05) is 5.56 Å². The summed E-state index contributed by atoms with van der Waals surface area (Å²) in [5, 5.41) is 0. The van der Waals surface area contributed by atoms with E-state index >= 15 is 0 Å².